The number of hydrogen-bond acceptors (Lipinski definition) is 0. The second kappa shape index (κ2) is 65.5. The molecule has 0 atom stereocenters. The Morgan fingerprint density at radius 3 is 0.343 bits per heavy atom. The third kappa shape index (κ3) is 45.4. The summed E-state index contributed by atoms with van der Waals surface area (Å²) in [5.41, 5.74) is 8.78. The van der Waals surface area contributed by atoms with Gasteiger partial charge >= 0.3 is 0 Å². The zero-order valence-corrected chi connectivity index (χ0v) is 68.1. The number of unbranched alkanes of at least 4 members (excludes halogenated alkanes) is 54. The van der Waals surface area contributed by atoms with E-state index >= 15 is 0 Å². The normalized spacial score (nSPS) is 11.0. The van der Waals surface area contributed by atoms with Gasteiger partial charge in [-0.2, -0.15) is 0 Å². The molecule has 0 bridgehead atoms. The van der Waals surface area contributed by atoms with Gasteiger partial charge in [-0.25, -0.2) is 0 Å². The van der Waals surface area contributed by atoms with Crippen molar-refractivity contribution in [2.24, 2.45) is 0 Å². The summed E-state index contributed by atoms with van der Waals surface area (Å²) in [5, 5.41) is 5.94. The maximum absolute atomic E-state index is 3.66. The third-order valence-corrected chi connectivity index (χ3v) is 22.2. The molecule has 0 aromatic heterocycles. The van der Waals surface area contributed by atoms with E-state index < -0.39 is 0 Å². The zero-order chi connectivity index (χ0) is 72.3. The average molecular weight is 1380 g/mol. The Bertz CT molecular complexity index is 2300. The van der Waals surface area contributed by atoms with Crippen molar-refractivity contribution in [1.82, 2.24) is 0 Å². The van der Waals surface area contributed by atoms with E-state index in [1.807, 2.05) is 0 Å². The van der Waals surface area contributed by atoms with Crippen LogP contribution in [0.5, 0.6) is 0 Å². The highest BCUT2D eigenvalue weighted by atomic mass is 14.2. The molecule has 564 valence electrons. The van der Waals surface area contributed by atoms with Crippen LogP contribution in [0.25, 0.3) is 32.3 Å². The highest BCUT2D eigenvalue weighted by Gasteiger charge is 2.11. The fourth-order valence-corrected chi connectivity index (χ4v) is 15.5. The summed E-state index contributed by atoms with van der Waals surface area (Å²) in [6.07, 6.45) is 87.3. The predicted molar refractivity (Wildman–Crippen MR) is 451 cm³/mol. The Kier molecular flexibility index (Phi) is 57.4. The minimum atomic E-state index is 0.990. The van der Waals surface area contributed by atoms with Gasteiger partial charge in [0.2, 0.25) is 0 Å². The highest BCUT2D eigenvalue weighted by molar-refractivity contribution is 5.82. The molecule has 0 aliphatic carbocycles. The number of aryl methyl sites for hydroxylation is 6. The van der Waals surface area contributed by atoms with E-state index in [1.165, 1.54) is 419 Å². The maximum Gasteiger partial charge on any atom is 0.0415 e. The first-order valence-electron chi connectivity index (χ1n) is 45.1. The van der Waals surface area contributed by atoms with Crippen LogP contribution in [0.1, 0.15) is 460 Å². The van der Waals surface area contributed by atoms with E-state index in [-0.39, 0.29) is 0 Å². The van der Waals surface area contributed by atoms with Crippen LogP contribution in [0.3, 0.4) is 0 Å². The van der Waals surface area contributed by atoms with E-state index in [2.05, 4.69) is 151 Å². The first kappa shape index (κ1) is 89.4. The largest absolute Gasteiger partial charge is 0.0654 e. The van der Waals surface area contributed by atoms with Crippen LogP contribution in [0, 0.1) is 72.8 Å². The predicted octanol–water partition coefficient (Wildman–Crippen LogP) is 32.9. The fourth-order valence-electron chi connectivity index (χ4n) is 15.5. The molecule has 4 aromatic carbocycles. The van der Waals surface area contributed by atoms with Gasteiger partial charge in [-0.3, -0.25) is 0 Å². The Morgan fingerprint density at radius 2 is 0.235 bits per heavy atom. The van der Waals surface area contributed by atoms with Crippen molar-refractivity contribution < 1.29 is 0 Å². The molecule has 0 heterocycles. The molecule has 0 nitrogen and oxygen atoms in total. The topological polar surface area (TPSA) is 0 Å². The van der Waals surface area contributed by atoms with Crippen molar-refractivity contribution in [2.45, 2.75) is 465 Å². The van der Waals surface area contributed by atoms with Crippen LogP contribution < -0.4 is 0 Å². The van der Waals surface area contributed by atoms with E-state index in [4.69, 9.17) is 0 Å². The van der Waals surface area contributed by atoms with Gasteiger partial charge in [-0.15, -0.1) is 0 Å². The molecule has 0 saturated heterocycles. The lowest BCUT2D eigenvalue weighted by molar-refractivity contribution is 0.553. The summed E-state index contributed by atoms with van der Waals surface area (Å²) in [6, 6.07) is 57.1. The molecule has 0 N–H and O–H groups in total. The highest BCUT2D eigenvalue weighted by Crippen LogP contribution is 2.27. The summed E-state index contributed by atoms with van der Waals surface area (Å²) in [4.78, 5) is 0. The molecular weight excluding hydrogens is 1230 g/mol. The van der Waals surface area contributed by atoms with Crippen LogP contribution in [-0.2, 0) is 38.5 Å². The van der Waals surface area contributed by atoms with Crippen molar-refractivity contribution in [2.75, 3.05) is 0 Å². The number of rotatable bonds is 66. The van der Waals surface area contributed by atoms with Crippen LogP contribution in [0.15, 0.2) is 36.4 Å². The Hall–Kier alpha value is -4.98. The fraction of sp³-hybridized carbons (Fsp3) is 0.706. The summed E-state index contributed by atoms with van der Waals surface area (Å²) in [6.45, 7) is 13.9. The number of fused-ring (bicyclic) bond motifs is 3. The standard InChI is InChI=1S/C102H156/c1-7-13-19-25-31-37-43-49-55-61-73-91-85-97-79-67-68-81-99-87-93(75-63-57-51-45-39-33-27-21-15-9-3)95(77-65-59-53-47-41-35-29-23-17-11-5)89-101(99)83-71-72-84-102-90-96(78-66-60-54-48-42-36-30-24-18-12-6)94(76-64-58-52-46-40-34-28-22-16-10-4)88-100(102)82-70-69-80-98(97)86-92(91)74-62-56-50-44-38-32-26-20-14-8-2/h85-90H,7-66,73-78H2,1-6H3. The SMILES string of the molecule is CCCCCCCCCCCCc1cc2c#cc#cc3cc(CCCCCCCCCCCC)c(CCCCCCCCCCCC)cc3c#cc#cc3cc(CCCCCCCCCCCC)c(CCCCCCCCCCCC)cc3c#cc#cc2cc1CCCCCCCCCCCC. The van der Waals surface area contributed by atoms with E-state index in [1.54, 1.807) is 0 Å². The van der Waals surface area contributed by atoms with Crippen LogP contribution in [0.2, 0.25) is 0 Å². The van der Waals surface area contributed by atoms with E-state index in [0.717, 1.165) is 70.8 Å². The quantitative estimate of drug-likeness (QED) is 0.0387. The smallest absolute Gasteiger partial charge is 0.0415 e. The van der Waals surface area contributed by atoms with Gasteiger partial charge in [-0.1, -0.05) is 425 Å². The Morgan fingerprint density at radius 1 is 0.137 bits per heavy atom. The molecule has 0 amide bonds. The first-order chi connectivity index (χ1) is 50.5. The van der Waals surface area contributed by atoms with Gasteiger partial charge in [0.15, 0.2) is 0 Å². The van der Waals surface area contributed by atoms with Crippen molar-refractivity contribution in [1.29, 1.82) is 0 Å². The molecule has 0 unspecified atom stereocenters. The van der Waals surface area contributed by atoms with Crippen LogP contribution >= 0.6 is 0 Å². The Labute approximate surface area is 636 Å². The molecule has 0 aliphatic heterocycles. The monoisotopic (exact) mass is 1380 g/mol. The van der Waals surface area contributed by atoms with Gasteiger partial charge in [0.05, 0.1) is 0 Å². The van der Waals surface area contributed by atoms with Crippen molar-refractivity contribution in [3.05, 3.63) is 143 Å². The van der Waals surface area contributed by atoms with Crippen molar-refractivity contribution in [3.63, 3.8) is 0 Å². The van der Waals surface area contributed by atoms with Gasteiger partial charge < -0.3 is 0 Å². The van der Waals surface area contributed by atoms with Gasteiger partial charge in [0.25, 0.3) is 0 Å². The van der Waals surface area contributed by atoms with Crippen LogP contribution in [0.4, 0.5) is 0 Å². The minimum absolute atomic E-state index is 0.990. The molecule has 0 radical (unpaired) electrons. The Balaban J connectivity index is 1.88. The van der Waals surface area contributed by atoms with Crippen LogP contribution in [-0.4, -0.2) is 0 Å². The van der Waals surface area contributed by atoms with Gasteiger partial charge in [0, 0.05) is 32.3 Å². The first-order valence-corrected chi connectivity index (χ1v) is 45.1. The zero-order valence-electron chi connectivity index (χ0n) is 68.1. The summed E-state index contributed by atoms with van der Waals surface area (Å²) in [7, 11) is 0. The summed E-state index contributed by atoms with van der Waals surface area (Å²) >= 11 is 0. The number of hydrogen-bond donors (Lipinski definition) is 0. The molecular formula is C102H156. The molecule has 0 fully saturated rings. The average Bonchev–Trinajstić information content (AvgIpc) is 0.840. The molecule has 0 heteroatoms. The lowest BCUT2D eigenvalue weighted by Gasteiger charge is -2.11. The molecule has 0 spiro atoms. The van der Waals surface area contributed by atoms with Crippen molar-refractivity contribution in [3.8, 4) is 0 Å². The minimum Gasteiger partial charge on any atom is -0.0654 e. The second-order valence-corrected chi connectivity index (χ2v) is 31.6. The molecule has 4 aromatic rings. The number of benzene rings is 3. The third-order valence-electron chi connectivity index (χ3n) is 22.2. The summed E-state index contributed by atoms with van der Waals surface area (Å²) < 4.78 is 0. The second-order valence-electron chi connectivity index (χ2n) is 31.6. The molecule has 0 saturated carbocycles. The lowest BCUT2D eigenvalue weighted by Crippen LogP contribution is -1.96. The van der Waals surface area contributed by atoms with E-state index in [0.29, 0.717) is 0 Å². The molecule has 102 heavy (non-hydrogen) atoms. The maximum atomic E-state index is 3.66. The molecule has 4 rings (SSSR count). The van der Waals surface area contributed by atoms with Crippen molar-refractivity contribution >= 4 is 32.3 Å². The molecule has 0 aliphatic rings. The van der Waals surface area contributed by atoms with Gasteiger partial charge in [-0.05, 0) is 183 Å². The lowest BCUT2D eigenvalue weighted by atomic mass is 9.94. The van der Waals surface area contributed by atoms with E-state index in [9.17, 15) is 0 Å². The van der Waals surface area contributed by atoms with Gasteiger partial charge in [0.1, 0.15) is 0 Å². The summed E-state index contributed by atoms with van der Waals surface area (Å²) in [5.74, 6) is 0.